The summed E-state index contributed by atoms with van der Waals surface area (Å²) in [6.07, 6.45) is 2.11. The van der Waals surface area contributed by atoms with Crippen LogP contribution in [0.5, 0.6) is 0 Å². The number of carboxylic acid groups (broad SMARTS) is 1. The summed E-state index contributed by atoms with van der Waals surface area (Å²) < 4.78 is 0. The maximum absolute atomic E-state index is 11.1. The maximum Gasteiger partial charge on any atom is 0.338 e. The number of pyridine rings is 1. The smallest absolute Gasteiger partial charge is 0.338 e. The highest BCUT2D eigenvalue weighted by Gasteiger charge is 2.13. The van der Waals surface area contributed by atoms with E-state index in [1.807, 2.05) is 16.8 Å². The van der Waals surface area contributed by atoms with Crippen molar-refractivity contribution in [3.63, 3.8) is 0 Å². The lowest BCUT2D eigenvalue weighted by atomic mass is 10.2. The number of fused-ring (bicyclic) bond motifs is 1. The first-order chi connectivity index (χ1) is 8.74. The Hall–Kier alpha value is -2.21. The quantitative estimate of drug-likeness (QED) is 0.756. The first-order valence-corrected chi connectivity index (χ1v) is 6.26. The molecule has 3 heterocycles. The predicted molar refractivity (Wildman–Crippen MR) is 68.0 cm³/mol. The minimum Gasteiger partial charge on any atom is -0.478 e. The van der Waals surface area contributed by atoms with Crippen molar-refractivity contribution in [1.29, 1.82) is 0 Å². The fourth-order valence-electron chi connectivity index (χ4n) is 1.81. The number of imidazole rings is 1. The Bertz CT molecular complexity index is 703. The Morgan fingerprint density at radius 2 is 2.33 bits per heavy atom. The third-order valence-electron chi connectivity index (χ3n) is 2.62. The van der Waals surface area contributed by atoms with Crippen molar-refractivity contribution in [2.45, 2.75) is 6.42 Å². The molecule has 90 valence electrons. The Balaban J connectivity index is 2.05. The summed E-state index contributed by atoms with van der Waals surface area (Å²) in [5, 5.41) is 13.1. The Morgan fingerprint density at radius 3 is 3.06 bits per heavy atom. The van der Waals surface area contributed by atoms with Crippen molar-refractivity contribution in [1.82, 2.24) is 15.0 Å². The molecular formula is C12H9N3O2S. The highest BCUT2D eigenvalue weighted by atomic mass is 32.1. The van der Waals surface area contributed by atoms with Gasteiger partial charge in [-0.25, -0.2) is 14.8 Å². The molecule has 6 heteroatoms. The van der Waals surface area contributed by atoms with Gasteiger partial charge in [-0.3, -0.25) is 0 Å². The zero-order valence-electron chi connectivity index (χ0n) is 9.25. The number of thiophene rings is 1. The van der Waals surface area contributed by atoms with Gasteiger partial charge >= 0.3 is 5.97 Å². The number of aromatic carboxylic acids is 1. The second kappa shape index (κ2) is 4.23. The average molecular weight is 259 g/mol. The Morgan fingerprint density at radius 1 is 1.44 bits per heavy atom. The van der Waals surface area contributed by atoms with E-state index in [2.05, 4.69) is 15.0 Å². The molecular weight excluding hydrogens is 250 g/mol. The molecule has 0 aromatic carbocycles. The molecule has 0 saturated carbocycles. The molecule has 0 atom stereocenters. The van der Waals surface area contributed by atoms with Gasteiger partial charge in [-0.05, 0) is 28.5 Å². The van der Waals surface area contributed by atoms with Crippen molar-refractivity contribution < 1.29 is 9.90 Å². The fourth-order valence-corrected chi connectivity index (χ4v) is 2.48. The third kappa shape index (κ3) is 1.86. The van der Waals surface area contributed by atoms with Gasteiger partial charge in [0.25, 0.3) is 0 Å². The zero-order chi connectivity index (χ0) is 12.5. The minimum atomic E-state index is -0.979. The van der Waals surface area contributed by atoms with Gasteiger partial charge in [0.1, 0.15) is 5.82 Å². The van der Waals surface area contributed by atoms with Crippen LogP contribution < -0.4 is 0 Å². The van der Waals surface area contributed by atoms with Crippen molar-refractivity contribution in [2.75, 3.05) is 0 Å². The number of rotatable bonds is 3. The molecule has 0 radical (unpaired) electrons. The van der Waals surface area contributed by atoms with Crippen LogP contribution in [-0.2, 0) is 6.42 Å². The first-order valence-electron chi connectivity index (χ1n) is 5.32. The van der Waals surface area contributed by atoms with Gasteiger partial charge in [0.2, 0.25) is 0 Å². The van der Waals surface area contributed by atoms with Gasteiger partial charge in [-0.1, -0.05) is 0 Å². The van der Waals surface area contributed by atoms with Gasteiger partial charge in [0.05, 0.1) is 11.1 Å². The summed E-state index contributed by atoms with van der Waals surface area (Å²) in [6, 6.07) is 3.49. The Labute approximate surface area is 106 Å². The summed E-state index contributed by atoms with van der Waals surface area (Å²) in [5.41, 5.74) is 2.27. The van der Waals surface area contributed by atoms with Crippen LogP contribution in [0.15, 0.2) is 29.1 Å². The lowest BCUT2D eigenvalue weighted by Gasteiger charge is -1.94. The van der Waals surface area contributed by atoms with Crippen molar-refractivity contribution in [2.24, 2.45) is 0 Å². The number of carboxylic acids is 1. The molecule has 0 unspecified atom stereocenters. The molecule has 0 fully saturated rings. The summed E-state index contributed by atoms with van der Waals surface area (Å²) in [7, 11) is 0. The monoisotopic (exact) mass is 259 g/mol. The standard InChI is InChI=1S/C12H9N3O2S/c16-12(17)8-1-3-13-11-10(8)14-9(15-11)5-7-2-4-18-6-7/h1-4,6H,5H2,(H,16,17)(H,13,14,15). The van der Waals surface area contributed by atoms with Crippen molar-refractivity contribution >= 4 is 28.5 Å². The second-order valence-electron chi connectivity index (χ2n) is 3.85. The van der Waals surface area contributed by atoms with Gasteiger partial charge < -0.3 is 10.1 Å². The summed E-state index contributed by atoms with van der Waals surface area (Å²) in [6.45, 7) is 0. The number of nitrogens with zero attached hydrogens (tertiary/aromatic N) is 2. The lowest BCUT2D eigenvalue weighted by molar-refractivity contribution is 0.0699. The number of aromatic nitrogens is 3. The summed E-state index contributed by atoms with van der Waals surface area (Å²) >= 11 is 1.62. The first kappa shape index (κ1) is 10.9. The van der Waals surface area contributed by atoms with Crippen molar-refractivity contribution in [3.8, 4) is 0 Å². The average Bonchev–Trinajstić information content (AvgIpc) is 2.96. The van der Waals surface area contributed by atoms with Crippen LogP contribution in [0.25, 0.3) is 11.2 Å². The summed E-state index contributed by atoms with van der Waals surface area (Å²) in [4.78, 5) is 22.5. The van der Waals surface area contributed by atoms with E-state index >= 15 is 0 Å². The normalized spacial score (nSPS) is 10.9. The van der Waals surface area contributed by atoms with Crippen LogP contribution in [0.2, 0.25) is 0 Å². The van der Waals surface area contributed by atoms with E-state index in [0.29, 0.717) is 17.6 Å². The van der Waals surface area contributed by atoms with E-state index in [0.717, 1.165) is 11.4 Å². The largest absolute Gasteiger partial charge is 0.478 e. The third-order valence-corrected chi connectivity index (χ3v) is 3.36. The van der Waals surface area contributed by atoms with E-state index in [1.54, 1.807) is 11.3 Å². The number of H-pyrrole nitrogens is 1. The van der Waals surface area contributed by atoms with E-state index in [9.17, 15) is 4.79 Å². The molecule has 0 amide bonds. The SMILES string of the molecule is O=C(O)c1ccnc2nc(Cc3ccsc3)[nH]c12. The molecule has 18 heavy (non-hydrogen) atoms. The van der Waals surface area contributed by atoms with Crippen LogP contribution in [0.4, 0.5) is 0 Å². The number of hydrogen-bond acceptors (Lipinski definition) is 4. The number of carbonyl (C=O) groups is 1. The molecule has 0 aliphatic carbocycles. The molecule has 0 aliphatic rings. The molecule has 0 saturated heterocycles. The van der Waals surface area contributed by atoms with E-state index in [4.69, 9.17) is 5.11 Å². The van der Waals surface area contributed by atoms with E-state index in [1.165, 1.54) is 12.3 Å². The van der Waals surface area contributed by atoms with Gasteiger partial charge in [-0.15, -0.1) is 0 Å². The molecule has 0 aliphatic heterocycles. The molecule has 0 spiro atoms. The van der Waals surface area contributed by atoms with Gasteiger partial charge in [0.15, 0.2) is 5.65 Å². The predicted octanol–water partition coefficient (Wildman–Crippen LogP) is 2.31. The topological polar surface area (TPSA) is 78.9 Å². The van der Waals surface area contributed by atoms with Crippen LogP contribution in [-0.4, -0.2) is 26.0 Å². The maximum atomic E-state index is 11.1. The molecule has 3 rings (SSSR count). The van der Waals surface area contributed by atoms with Crippen LogP contribution in [0.1, 0.15) is 21.7 Å². The highest BCUT2D eigenvalue weighted by molar-refractivity contribution is 7.07. The highest BCUT2D eigenvalue weighted by Crippen LogP contribution is 2.17. The molecule has 5 nitrogen and oxygen atoms in total. The number of hydrogen-bond donors (Lipinski definition) is 2. The Kier molecular flexibility index (Phi) is 2.56. The second-order valence-corrected chi connectivity index (χ2v) is 4.63. The summed E-state index contributed by atoms with van der Waals surface area (Å²) in [5.74, 6) is -0.252. The number of nitrogens with one attached hydrogen (secondary N) is 1. The van der Waals surface area contributed by atoms with Gasteiger partial charge in [0, 0.05) is 12.6 Å². The molecule has 0 bridgehead atoms. The van der Waals surface area contributed by atoms with Crippen LogP contribution in [0.3, 0.4) is 0 Å². The lowest BCUT2D eigenvalue weighted by Crippen LogP contribution is -1.97. The van der Waals surface area contributed by atoms with Crippen LogP contribution >= 0.6 is 11.3 Å². The fraction of sp³-hybridized carbons (Fsp3) is 0.0833. The minimum absolute atomic E-state index is 0.198. The van der Waals surface area contributed by atoms with E-state index < -0.39 is 5.97 Å². The van der Waals surface area contributed by atoms with Gasteiger partial charge in [-0.2, -0.15) is 11.3 Å². The van der Waals surface area contributed by atoms with Crippen molar-refractivity contribution in [3.05, 3.63) is 46.0 Å². The molecule has 2 N–H and O–H groups in total. The van der Waals surface area contributed by atoms with Crippen LogP contribution in [0, 0.1) is 0 Å². The molecule has 3 aromatic rings. The zero-order valence-corrected chi connectivity index (χ0v) is 10.1. The number of aromatic amines is 1. The van der Waals surface area contributed by atoms with E-state index in [-0.39, 0.29) is 5.56 Å². The molecule has 3 aromatic heterocycles.